The van der Waals surface area contributed by atoms with Crippen molar-refractivity contribution in [2.24, 2.45) is 0 Å². The zero-order chi connectivity index (χ0) is 15.1. The van der Waals surface area contributed by atoms with Crippen LogP contribution in [0.15, 0.2) is 18.2 Å². The summed E-state index contributed by atoms with van der Waals surface area (Å²) in [5, 5.41) is 2.34. The standard InChI is InChI=1S/C15H19NO4/c1-10-4-5-11(2)12(8-10)13(17)6-7-15(19)20-9-14(18)16-3/h4-5,8H,6-7,9H2,1-3H3,(H,16,18). The highest BCUT2D eigenvalue weighted by Gasteiger charge is 2.13. The number of carbonyl (C=O) groups excluding carboxylic acids is 3. The number of rotatable bonds is 6. The van der Waals surface area contributed by atoms with Crippen LogP contribution in [0.3, 0.4) is 0 Å². The van der Waals surface area contributed by atoms with Crippen molar-refractivity contribution in [3.8, 4) is 0 Å². The van der Waals surface area contributed by atoms with Gasteiger partial charge in [0.1, 0.15) is 0 Å². The molecule has 0 saturated carbocycles. The van der Waals surface area contributed by atoms with Crippen molar-refractivity contribution < 1.29 is 19.1 Å². The van der Waals surface area contributed by atoms with Crippen LogP contribution in [0.4, 0.5) is 0 Å². The molecule has 0 aromatic heterocycles. The van der Waals surface area contributed by atoms with Crippen molar-refractivity contribution >= 4 is 17.7 Å². The zero-order valence-corrected chi connectivity index (χ0v) is 12.0. The molecule has 1 amide bonds. The van der Waals surface area contributed by atoms with E-state index in [0.717, 1.165) is 11.1 Å². The Balaban J connectivity index is 2.49. The number of benzene rings is 1. The molecule has 0 spiro atoms. The summed E-state index contributed by atoms with van der Waals surface area (Å²) in [6, 6.07) is 5.63. The number of nitrogens with one attached hydrogen (secondary N) is 1. The number of carbonyl (C=O) groups is 3. The summed E-state index contributed by atoms with van der Waals surface area (Å²) < 4.78 is 4.73. The van der Waals surface area contributed by atoms with Crippen LogP contribution in [0, 0.1) is 13.8 Å². The first kappa shape index (κ1) is 15.9. The van der Waals surface area contributed by atoms with Crippen LogP contribution >= 0.6 is 0 Å². The van der Waals surface area contributed by atoms with Crippen molar-refractivity contribution in [3.05, 3.63) is 34.9 Å². The highest BCUT2D eigenvalue weighted by atomic mass is 16.5. The van der Waals surface area contributed by atoms with E-state index in [9.17, 15) is 14.4 Å². The molecule has 0 aliphatic carbocycles. The second-order valence-electron chi connectivity index (χ2n) is 4.58. The number of likely N-dealkylation sites (N-methyl/N-ethyl adjacent to an activating group) is 1. The molecular weight excluding hydrogens is 258 g/mol. The maximum atomic E-state index is 12.0. The Morgan fingerprint density at radius 2 is 1.85 bits per heavy atom. The van der Waals surface area contributed by atoms with Gasteiger partial charge in [-0.1, -0.05) is 17.7 Å². The topological polar surface area (TPSA) is 72.5 Å². The molecular formula is C15H19NO4. The van der Waals surface area contributed by atoms with Crippen LogP contribution in [0.5, 0.6) is 0 Å². The van der Waals surface area contributed by atoms with Gasteiger partial charge in [0.05, 0.1) is 6.42 Å². The number of esters is 1. The largest absolute Gasteiger partial charge is 0.456 e. The van der Waals surface area contributed by atoms with Gasteiger partial charge in [-0.2, -0.15) is 0 Å². The minimum absolute atomic E-state index is 0.0246. The lowest BCUT2D eigenvalue weighted by atomic mass is 9.99. The second kappa shape index (κ2) is 7.43. The van der Waals surface area contributed by atoms with Crippen molar-refractivity contribution in [1.82, 2.24) is 5.32 Å². The minimum Gasteiger partial charge on any atom is -0.456 e. The van der Waals surface area contributed by atoms with Gasteiger partial charge >= 0.3 is 5.97 Å². The molecule has 0 atom stereocenters. The highest BCUT2D eigenvalue weighted by molar-refractivity contribution is 5.99. The van der Waals surface area contributed by atoms with E-state index >= 15 is 0 Å². The summed E-state index contributed by atoms with van der Waals surface area (Å²) in [6.07, 6.45) is 0.0556. The third kappa shape index (κ3) is 4.84. The quantitative estimate of drug-likeness (QED) is 0.632. The van der Waals surface area contributed by atoms with Gasteiger partial charge in [0.2, 0.25) is 0 Å². The Morgan fingerprint density at radius 1 is 1.15 bits per heavy atom. The molecule has 0 heterocycles. The average molecular weight is 277 g/mol. The lowest BCUT2D eigenvalue weighted by Gasteiger charge is -2.06. The van der Waals surface area contributed by atoms with Crippen molar-refractivity contribution in [3.63, 3.8) is 0 Å². The summed E-state index contributed by atoms with van der Waals surface area (Å²) >= 11 is 0. The molecule has 20 heavy (non-hydrogen) atoms. The van der Waals surface area contributed by atoms with Gasteiger partial charge in [-0.15, -0.1) is 0 Å². The molecule has 0 unspecified atom stereocenters. The number of aryl methyl sites for hydroxylation is 2. The van der Waals surface area contributed by atoms with Crippen LogP contribution in [-0.4, -0.2) is 31.3 Å². The molecule has 0 aliphatic heterocycles. The molecule has 1 aromatic rings. The Kier molecular flexibility index (Phi) is 5.90. The van der Waals surface area contributed by atoms with E-state index in [-0.39, 0.29) is 31.1 Å². The van der Waals surface area contributed by atoms with Gasteiger partial charge in [0, 0.05) is 19.0 Å². The number of ether oxygens (including phenoxy) is 1. The Hall–Kier alpha value is -2.17. The Morgan fingerprint density at radius 3 is 2.50 bits per heavy atom. The summed E-state index contributed by atoms with van der Waals surface area (Å²) in [4.78, 5) is 34.3. The third-order valence-electron chi connectivity index (χ3n) is 2.89. The van der Waals surface area contributed by atoms with Crippen LogP contribution in [0.2, 0.25) is 0 Å². The average Bonchev–Trinajstić information content (AvgIpc) is 2.44. The highest BCUT2D eigenvalue weighted by Crippen LogP contribution is 2.14. The third-order valence-corrected chi connectivity index (χ3v) is 2.89. The summed E-state index contributed by atoms with van der Waals surface area (Å²) in [7, 11) is 1.46. The summed E-state index contributed by atoms with van der Waals surface area (Å²) in [6.45, 7) is 3.46. The number of ketones is 1. The number of hydrogen-bond acceptors (Lipinski definition) is 4. The number of amides is 1. The summed E-state index contributed by atoms with van der Waals surface area (Å²) in [5.74, 6) is -1.02. The van der Waals surface area contributed by atoms with Crippen molar-refractivity contribution in [2.75, 3.05) is 13.7 Å². The van der Waals surface area contributed by atoms with E-state index in [0.29, 0.717) is 5.56 Å². The molecule has 0 saturated heterocycles. The van der Waals surface area contributed by atoms with Crippen LogP contribution in [0.1, 0.15) is 34.3 Å². The zero-order valence-electron chi connectivity index (χ0n) is 12.0. The maximum absolute atomic E-state index is 12.0. The van der Waals surface area contributed by atoms with Crippen LogP contribution < -0.4 is 5.32 Å². The fourth-order valence-corrected chi connectivity index (χ4v) is 1.68. The van der Waals surface area contributed by atoms with E-state index in [1.54, 1.807) is 0 Å². The van der Waals surface area contributed by atoms with Gasteiger partial charge in [0.25, 0.3) is 5.91 Å². The fourth-order valence-electron chi connectivity index (χ4n) is 1.68. The first-order chi connectivity index (χ1) is 9.43. The van der Waals surface area contributed by atoms with Crippen LogP contribution in [0.25, 0.3) is 0 Å². The van der Waals surface area contributed by atoms with Gasteiger partial charge in [-0.25, -0.2) is 0 Å². The van der Waals surface area contributed by atoms with Gasteiger partial charge in [-0.05, 0) is 25.5 Å². The Bertz CT molecular complexity index is 523. The van der Waals surface area contributed by atoms with E-state index in [2.05, 4.69) is 5.32 Å². The Labute approximate surface area is 118 Å². The second-order valence-corrected chi connectivity index (χ2v) is 4.58. The molecule has 5 heteroatoms. The molecule has 1 aromatic carbocycles. The van der Waals surface area contributed by atoms with Crippen molar-refractivity contribution in [1.29, 1.82) is 0 Å². The lowest BCUT2D eigenvalue weighted by Crippen LogP contribution is -2.25. The molecule has 0 bridgehead atoms. The monoisotopic (exact) mass is 277 g/mol. The van der Waals surface area contributed by atoms with Gasteiger partial charge in [0.15, 0.2) is 12.4 Å². The SMILES string of the molecule is CNC(=O)COC(=O)CCC(=O)c1cc(C)ccc1C. The predicted molar refractivity (Wildman–Crippen MR) is 74.5 cm³/mol. The van der Waals surface area contributed by atoms with Gasteiger partial charge in [-0.3, -0.25) is 14.4 Å². The minimum atomic E-state index is -0.549. The lowest BCUT2D eigenvalue weighted by molar-refractivity contribution is -0.148. The molecule has 0 aliphatic rings. The normalized spacial score (nSPS) is 9.95. The fraction of sp³-hybridized carbons (Fsp3) is 0.400. The van der Waals surface area contributed by atoms with Gasteiger partial charge < -0.3 is 10.1 Å². The molecule has 0 radical (unpaired) electrons. The molecule has 1 N–H and O–H groups in total. The van der Waals surface area contributed by atoms with E-state index in [1.807, 2.05) is 32.0 Å². The van der Waals surface area contributed by atoms with E-state index in [1.165, 1.54) is 7.05 Å². The first-order valence-electron chi connectivity index (χ1n) is 6.40. The number of Topliss-reactive ketones (excluding diaryl/α,β-unsaturated/α-hetero) is 1. The van der Waals surface area contributed by atoms with Crippen LogP contribution in [-0.2, 0) is 14.3 Å². The molecule has 108 valence electrons. The number of hydrogen-bond donors (Lipinski definition) is 1. The summed E-state index contributed by atoms with van der Waals surface area (Å²) in [5.41, 5.74) is 2.52. The van der Waals surface area contributed by atoms with Crippen molar-refractivity contribution in [2.45, 2.75) is 26.7 Å². The first-order valence-corrected chi connectivity index (χ1v) is 6.40. The smallest absolute Gasteiger partial charge is 0.306 e. The predicted octanol–water partition coefficient (Wildman–Crippen LogP) is 1.56. The van der Waals surface area contributed by atoms with E-state index < -0.39 is 5.97 Å². The molecule has 0 fully saturated rings. The maximum Gasteiger partial charge on any atom is 0.306 e. The molecule has 1 rings (SSSR count). The molecule has 5 nitrogen and oxygen atoms in total. The van der Waals surface area contributed by atoms with E-state index in [4.69, 9.17) is 4.74 Å².